The van der Waals surface area contributed by atoms with E-state index in [9.17, 15) is 0 Å². The van der Waals surface area contributed by atoms with Gasteiger partial charge in [0.25, 0.3) is 0 Å². The summed E-state index contributed by atoms with van der Waals surface area (Å²) in [6.07, 6.45) is 1.93. The van der Waals surface area contributed by atoms with Crippen molar-refractivity contribution in [2.24, 2.45) is 0 Å². The molecule has 2 heterocycles. The zero-order valence-electron chi connectivity index (χ0n) is 10.4. The predicted octanol–water partition coefficient (Wildman–Crippen LogP) is 2.98. The van der Waals surface area contributed by atoms with Crippen LogP contribution in [-0.4, -0.2) is 14.6 Å². The van der Waals surface area contributed by atoms with Crippen molar-refractivity contribution in [3.63, 3.8) is 0 Å². The molecule has 0 aliphatic heterocycles. The van der Waals surface area contributed by atoms with Gasteiger partial charge in [0.15, 0.2) is 11.5 Å². The number of nitrogens with zero attached hydrogens (tertiary/aromatic N) is 4. The van der Waals surface area contributed by atoms with E-state index in [-0.39, 0.29) is 0 Å². The molecule has 0 saturated carbocycles. The zero-order valence-corrected chi connectivity index (χ0v) is 12.0. The van der Waals surface area contributed by atoms with E-state index < -0.39 is 0 Å². The summed E-state index contributed by atoms with van der Waals surface area (Å²) in [7, 11) is 0. The molecule has 0 spiro atoms. The van der Waals surface area contributed by atoms with Crippen LogP contribution >= 0.6 is 15.9 Å². The number of halogens is 1. The van der Waals surface area contributed by atoms with Crippen LogP contribution in [0.25, 0.3) is 5.65 Å². The summed E-state index contributed by atoms with van der Waals surface area (Å²) in [6.45, 7) is 0.551. The Bertz CT molecular complexity index is 803. The first-order valence-corrected chi connectivity index (χ1v) is 6.79. The van der Waals surface area contributed by atoms with Crippen LogP contribution in [0.4, 0.5) is 5.69 Å². The van der Waals surface area contributed by atoms with E-state index >= 15 is 0 Å². The lowest BCUT2D eigenvalue weighted by Crippen LogP contribution is -2.04. The van der Waals surface area contributed by atoms with Gasteiger partial charge < -0.3 is 5.32 Å². The Kier molecular flexibility index (Phi) is 3.35. The summed E-state index contributed by atoms with van der Waals surface area (Å²) in [4.78, 5) is 0. The molecule has 6 heteroatoms. The first-order chi connectivity index (χ1) is 9.78. The fourth-order valence-electron chi connectivity index (χ4n) is 1.91. The molecule has 0 amide bonds. The fraction of sp³-hybridized carbons (Fsp3) is 0.0714. The molecule has 3 rings (SSSR count). The summed E-state index contributed by atoms with van der Waals surface area (Å²) in [5, 5.41) is 20.4. The van der Waals surface area contributed by atoms with Gasteiger partial charge in [0, 0.05) is 16.4 Å². The number of anilines is 1. The monoisotopic (exact) mass is 327 g/mol. The molecule has 1 aromatic carbocycles. The number of rotatable bonds is 3. The third-order valence-electron chi connectivity index (χ3n) is 2.92. The number of hydrogen-bond acceptors (Lipinski definition) is 4. The van der Waals surface area contributed by atoms with Gasteiger partial charge in [0.05, 0.1) is 18.2 Å². The molecule has 0 fully saturated rings. The first-order valence-electron chi connectivity index (χ1n) is 6.00. The number of aromatic nitrogens is 3. The lowest BCUT2D eigenvalue weighted by molar-refractivity contribution is 0.917. The normalized spacial score (nSPS) is 10.4. The maximum atomic E-state index is 8.84. The average Bonchev–Trinajstić information content (AvgIpc) is 2.89. The number of fused-ring (bicyclic) bond motifs is 1. The summed E-state index contributed by atoms with van der Waals surface area (Å²) in [6, 6.07) is 13.3. The molecule has 0 bridgehead atoms. The molecule has 0 aliphatic rings. The van der Waals surface area contributed by atoms with Gasteiger partial charge in [-0.25, -0.2) is 0 Å². The summed E-state index contributed by atoms with van der Waals surface area (Å²) in [5.74, 6) is 0.830. The standard InChI is InChI=1S/C14H10BrN5/c15-11-7-10(8-16)4-5-12(11)17-9-14-19-18-13-3-1-2-6-20(13)14/h1-7,17H,9H2. The van der Waals surface area contributed by atoms with Crippen molar-refractivity contribution in [3.8, 4) is 6.07 Å². The first kappa shape index (κ1) is 12.6. The van der Waals surface area contributed by atoms with Crippen molar-refractivity contribution in [1.29, 1.82) is 5.26 Å². The van der Waals surface area contributed by atoms with Gasteiger partial charge >= 0.3 is 0 Å². The Morgan fingerprint density at radius 3 is 2.95 bits per heavy atom. The highest BCUT2D eigenvalue weighted by Gasteiger charge is 2.06. The third kappa shape index (κ3) is 2.36. The van der Waals surface area contributed by atoms with Crippen LogP contribution in [0.2, 0.25) is 0 Å². The highest BCUT2D eigenvalue weighted by atomic mass is 79.9. The average molecular weight is 328 g/mol. The van der Waals surface area contributed by atoms with E-state index in [1.165, 1.54) is 0 Å². The largest absolute Gasteiger partial charge is 0.377 e. The van der Waals surface area contributed by atoms with Crippen molar-refractivity contribution in [1.82, 2.24) is 14.6 Å². The van der Waals surface area contributed by atoms with Crippen LogP contribution in [0.5, 0.6) is 0 Å². The smallest absolute Gasteiger partial charge is 0.160 e. The SMILES string of the molecule is N#Cc1ccc(NCc2nnc3ccccn23)c(Br)c1. The minimum Gasteiger partial charge on any atom is -0.377 e. The lowest BCUT2D eigenvalue weighted by atomic mass is 10.2. The summed E-state index contributed by atoms with van der Waals surface area (Å²) >= 11 is 3.45. The molecule has 3 aromatic rings. The van der Waals surface area contributed by atoms with Crippen LogP contribution in [0.1, 0.15) is 11.4 Å². The van der Waals surface area contributed by atoms with E-state index in [0.717, 1.165) is 21.6 Å². The third-order valence-corrected chi connectivity index (χ3v) is 3.58. The molecule has 1 N–H and O–H groups in total. The van der Waals surface area contributed by atoms with Crippen molar-refractivity contribution >= 4 is 27.3 Å². The van der Waals surface area contributed by atoms with Gasteiger partial charge in [-0.05, 0) is 46.3 Å². The van der Waals surface area contributed by atoms with Gasteiger partial charge in [0.1, 0.15) is 0 Å². The Labute approximate surface area is 124 Å². The fourth-order valence-corrected chi connectivity index (χ4v) is 2.43. The molecule has 0 atom stereocenters. The Balaban J connectivity index is 1.81. The van der Waals surface area contributed by atoms with Gasteiger partial charge in [-0.1, -0.05) is 6.07 Å². The number of pyridine rings is 1. The minimum absolute atomic E-state index is 0.551. The van der Waals surface area contributed by atoms with Crippen LogP contribution < -0.4 is 5.32 Å². The molecule has 0 aliphatic carbocycles. The topological polar surface area (TPSA) is 66.0 Å². The number of hydrogen-bond donors (Lipinski definition) is 1. The van der Waals surface area contributed by atoms with E-state index in [2.05, 4.69) is 37.5 Å². The number of benzene rings is 1. The Morgan fingerprint density at radius 1 is 1.25 bits per heavy atom. The van der Waals surface area contributed by atoms with Crippen LogP contribution in [0.3, 0.4) is 0 Å². The van der Waals surface area contributed by atoms with E-state index in [0.29, 0.717) is 12.1 Å². The zero-order chi connectivity index (χ0) is 13.9. The van der Waals surface area contributed by atoms with Crippen LogP contribution in [-0.2, 0) is 6.54 Å². The molecule has 5 nitrogen and oxygen atoms in total. The number of nitrogens with one attached hydrogen (secondary N) is 1. The Hall–Kier alpha value is -2.39. The van der Waals surface area contributed by atoms with Crippen molar-refractivity contribution < 1.29 is 0 Å². The van der Waals surface area contributed by atoms with Crippen molar-refractivity contribution in [2.45, 2.75) is 6.54 Å². The highest BCUT2D eigenvalue weighted by molar-refractivity contribution is 9.10. The van der Waals surface area contributed by atoms with Crippen LogP contribution in [0.15, 0.2) is 47.1 Å². The summed E-state index contributed by atoms with van der Waals surface area (Å²) < 4.78 is 2.79. The molecule has 2 aromatic heterocycles. The second-order valence-electron chi connectivity index (χ2n) is 4.21. The molecule has 0 radical (unpaired) electrons. The van der Waals surface area contributed by atoms with Crippen molar-refractivity contribution in [3.05, 3.63) is 58.5 Å². The molecule has 98 valence electrons. The van der Waals surface area contributed by atoms with E-state index in [1.807, 2.05) is 34.9 Å². The molecular formula is C14H10BrN5. The molecular weight excluding hydrogens is 318 g/mol. The lowest BCUT2D eigenvalue weighted by Gasteiger charge is -2.07. The van der Waals surface area contributed by atoms with Crippen molar-refractivity contribution in [2.75, 3.05) is 5.32 Å². The molecule has 0 saturated heterocycles. The summed E-state index contributed by atoms with van der Waals surface area (Å²) in [5.41, 5.74) is 2.36. The van der Waals surface area contributed by atoms with Gasteiger partial charge in [0.2, 0.25) is 0 Å². The Morgan fingerprint density at radius 2 is 2.15 bits per heavy atom. The van der Waals surface area contributed by atoms with E-state index in [1.54, 1.807) is 12.1 Å². The minimum atomic E-state index is 0.551. The van der Waals surface area contributed by atoms with E-state index in [4.69, 9.17) is 5.26 Å². The maximum Gasteiger partial charge on any atom is 0.160 e. The second-order valence-corrected chi connectivity index (χ2v) is 5.06. The maximum absolute atomic E-state index is 8.84. The van der Waals surface area contributed by atoms with Gasteiger partial charge in [-0.15, -0.1) is 10.2 Å². The molecule has 20 heavy (non-hydrogen) atoms. The second kappa shape index (κ2) is 5.31. The van der Waals surface area contributed by atoms with Crippen LogP contribution in [0, 0.1) is 11.3 Å². The highest BCUT2D eigenvalue weighted by Crippen LogP contribution is 2.23. The predicted molar refractivity (Wildman–Crippen MR) is 79.2 cm³/mol. The van der Waals surface area contributed by atoms with Gasteiger partial charge in [-0.2, -0.15) is 5.26 Å². The molecule has 0 unspecified atom stereocenters. The number of nitriles is 1. The quantitative estimate of drug-likeness (QED) is 0.803. The van der Waals surface area contributed by atoms with Gasteiger partial charge in [-0.3, -0.25) is 4.40 Å².